The van der Waals surface area contributed by atoms with Crippen LogP contribution in [0.5, 0.6) is 0 Å². The van der Waals surface area contributed by atoms with Crippen LogP contribution in [0.1, 0.15) is 37.3 Å². The van der Waals surface area contributed by atoms with Gasteiger partial charge >= 0.3 is 0 Å². The second-order valence-corrected chi connectivity index (χ2v) is 7.23. The molecule has 1 amide bonds. The van der Waals surface area contributed by atoms with Crippen molar-refractivity contribution < 1.29 is 4.79 Å². The Balaban J connectivity index is 1.47. The highest BCUT2D eigenvalue weighted by Gasteiger charge is 2.26. The Morgan fingerprint density at radius 1 is 1.21 bits per heavy atom. The molecule has 0 aliphatic carbocycles. The standard InChI is InChI=1S/C18H26N4OS/c1-13-10-16(21-18(24)20-13)17(23)19-11-14-4-6-15(7-5-14)12-22-8-2-3-9-22/h4-7,13,16H,2-3,8-12H2,1H3,(H,19,23)(H2,20,21,24)/t13-,16+/m1/s1. The van der Waals surface area contributed by atoms with Crippen LogP contribution in [0.25, 0.3) is 0 Å². The summed E-state index contributed by atoms with van der Waals surface area (Å²) in [7, 11) is 0. The lowest BCUT2D eigenvalue weighted by Gasteiger charge is -2.30. The maximum absolute atomic E-state index is 12.3. The van der Waals surface area contributed by atoms with E-state index in [2.05, 4.69) is 45.1 Å². The maximum Gasteiger partial charge on any atom is 0.242 e. The minimum Gasteiger partial charge on any atom is -0.360 e. The fraction of sp³-hybridized carbons (Fsp3) is 0.556. The van der Waals surface area contributed by atoms with Crippen molar-refractivity contribution in [3.63, 3.8) is 0 Å². The first-order chi connectivity index (χ1) is 11.6. The summed E-state index contributed by atoms with van der Waals surface area (Å²) in [5, 5.41) is 9.70. The van der Waals surface area contributed by atoms with Crippen LogP contribution in [0.15, 0.2) is 24.3 Å². The topological polar surface area (TPSA) is 56.4 Å². The first kappa shape index (κ1) is 17.2. The van der Waals surface area contributed by atoms with E-state index in [0.717, 1.165) is 18.5 Å². The summed E-state index contributed by atoms with van der Waals surface area (Å²) < 4.78 is 0. The van der Waals surface area contributed by atoms with Gasteiger partial charge in [-0.25, -0.2) is 0 Å². The van der Waals surface area contributed by atoms with Gasteiger partial charge in [0.15, 0.2) is 5.11 Å². The van der Waals surface area contributed by atoms with Crippen LogP contribution < -0.4 is 16.0 Å². The van der Waals surface area contributed by atoms with Crippen LogP contribution in [0.2, 0.25) is 0 Å². The van der Waals surface area contributed by atoms with E-state index < -0.39 is 0 Å². The zero-order chi connectivity index (χ0) is 16.9. The van der Waals surface area contributed by atoms with E-state index in [1.165, 1.54) is 31.5 Å². The lowest BCUT2D eigenvalue weighted by atomic mass is 10.1. The molecule has 2 heterocycles. The van der Waals surface area contributed by atoms with Crippen LogP contribution >= 0.6 is 12.2 Å². The molecule has 0 spiro atoms. The molecule has 0 unspecified atom stereocenters. The highest BCUT2D eigenvalue weighted by atomic mass is 32.1. The van der Waals surface area contributed by atoms with Crippen molar-refractivity contribution in [2.45, 2.75) is 51.4 Å². The number of carbonyl (C=O) groups is 1. The van der Waals surface area contributed by atoms with E-state index >= 15 is 0 Å². The number of carbonyl (C=O) groups excluding carboxylic acids is 1. The SMILES string of the molecule is C[C@@H]1C[C@@H](C(=O)NCc2ccc(CN3CCCC3)cc2)NC(=S)N1. The zero-order valence-corrected chi connectivity index (χ0v) is 15.0. The van der Waals surface area contributed by atoms with Gasteiger partial charge in [-0.1, -0.05) is 24.3 Å². The van der Waals surface area contributed by atoms with Gasteiger partial charge in [0, 0.05) is 19.1 Å². The molecule has 2 saturated heterocycles. The van der Waals surface area contributed by atoms with Crippen molar-refractivity contribution in [1.29, 1.82) is 0 Å². The summed E-state index contributed by atoms with van der Waals surface area (Å²) in [6.07, 6.45) is 3.37. The van der Waals surface area contributed by atoms with Crippen LogP contribution in [0.3, 0.4) is 0 Å². The molecular weight excluding hydrogens is 320 g/mol. The Labute approximate surface area is 149 Å². The molecule has 2 aliphatic rings. The van der Waals surface area contributed by atoms with Crippen molar-refractivity contribution in [2.24, 2.45) is 0 Å². The van der Waals surface area contributed by atoms with Crippen molar-refractivity contribution in [3.8, 4) is 0 Å². The summed E-state index contributed by atoms with van der Waals surface area (Å²) in [4.78, 5) is 14.8. The molecule has 2 aliphatic heterocycles. The second-order valence-electron chi connectivity index (χ2n) is 6.82. The Bertz CT molecular complexity index is 583. The van der Waals surface area contributed by atoms with Crippen molar-refractivity contribution in [2.75, 3.05) is 13.1 Å². The first-order valence-corrected chi connectivity index (χ1v) is 9.16. The largest absolute Gasteiger partial charge is 0.360 e. The van der Waals surface area contributed by atoms with Gasteiger partial charge in [0.25, 0.3) is 0 Å². The maximum atomic E-state index is 12.3. The van der Waals surface area contributed by atoms with Gasteiger partial charge in [0.05, 0.1) is 0 Å². The van der Waals surface area contributed by atoms with Gasteiger partial charge in [0.2, 0.25) is 5.91 Å². The summed E-state index contributed by atoms with van der Waals surface area (Å²) >= 11 is 5.12. The van der Waals surface area contributed by atoms with Crippen LogP contribution in [0, 0.1) is 0 Å². The normalized spacial score (nSPS) is 24.3. The van der Waals surface area contributed by atoms with E-state index in [-0.39, 0.29) is 18.0 Å². The molecule has 0 saturated carbocycles. The second kappa shape index (κ2) is 7.94. The molecule has 1 aromatic rings. The van der Waals surface area contributed by atoms with Crippen LogP contribution in [-0.4, -0.2) is 41.1 Å². The zero-order valence-electron chi connectivity index (χ0n) is 14.2. The predicted octanol–water partition coefficient (Wildman–Crippen LogP) is 1.52. The molecule has 0 aromatic heterocycles. The Hall–Kier alpha value is -1.66. The number of amides is 1. The lowest BCUT2D eigenvalue weighted by Crippen LogP contribution is -2.58. The first-order valence-electron chi connectivity index (χ1n) is 8.75. The number of rotatable bonds is 5. The quantitative estimate of drug-likeness (QED) is 0.706. The average molecular weight is 346 g/mol. The average Bonchev–Trinajstić information content (AvgIpc) is 3.06. The van der Waals surface area contributed by atoms with E-state index in [0.29, 0.717) is 11.7 Å². The molecule has 0 radical (unpaired) electrons. The smallest absolute Gasteiger partial charge is 0.242 e. The molecule has 2 atom stereocenters. The van der Waals surface area contributed by atoms with E-state index in [4.69, 9.17) is 12.2 Å². The lowest BCUT2D eigenvalue weighted by molar-refractivity contribution is -0.123. The molecule has 24 heavy (non-hydrogen) atoms. The Kier molecular flexibility index (Phi) is 5.68. The number of hydrogen-bond acceptors (Lipinski definition) is 3. The Morgan fingerprint density at radius 2 is 1.88 bits per heavy atom. The van der Waals surface area contributed by atoms with E-state index in [1.54, 1.807) is 0 Å². The van der Waals surface area contributed by atoms with Crippen LogP contribution in [0.4, 0.5) is 0 Å². The van der Waals surface area contributed by atoms with Gasteiger partial charge in [-0.15, -0.1) is 0 Å². The van der Waals surface area contributed by atoms with Gasteiger partial charge in [-0.3, -0.25) is 9.69 Å². The van der Waals surface area contributed by atoms with Gasteiger partial charge in [-0.2, -0.15) is 0 Å². The number of thiocarbonyl (C=S) groups is 1. The van der Waals surface area contributed by atoms with Crippen molar-refractivity contribution in [3.05, 3.63) is 35.4 Å². The molecule has 3 N–H and O–H groups in total. The number of nitrogens with one attached hydrogen (secondary N) is 3. The van der Waals surface area contributed by atoms with Gasteiger partial charge in [0.1, 0.15) is 6.04 Å². The van der Waals surface area contributed by atoms with Gasteiger partial charge < -0.3 is 16.0 Å². The molecule has 130 valence electrons. The molecular formula is C18H26N4OS. The van der Waals surface area contributed by atoms with E-state index in [1.807, 2.05) is 6.92 Å². The molecule has 0 bridgehead atoms. The fourth-order valence-corrected chi connectivity index (χ4v) is 3.68. The monoisotopic (exact) mass is 346 g/mol. The third-order valence-electron chi connectivity index (χ3n) is 4.68. The summed E-state index contributed by atoms with van der Waals surface area (Å²) in [5.74, 6) is 0.00634. The molecule has 2 fully saturated rings. The Morgan fingerprint density at radius 3 is 2.54 bits per heavy atom. The predicted molar refractivity (Wildman–Crippen MR) is 99.5 cm³/mol. The molecule has 6 heteroatoms. The van der Waals surface area contributed by atoms with E-state index in [9.17, 15) is 4.79 Å². The molecule has 5 nitrogen and oxygen atoms in total. The third-order valence-corrected chi connectivity index (χ3v) is 4.92. The van der Waals surface area contributed by atoms with Crippen molar-refractivity contribution >= 4 is 23.2 Å². The molecule has 3 rings (SSSR count). The van der Waals surface area contributed by atoms with Crippen LogP contribution in [-0.2, 0) is 17.9 Å². The fourth-order valence-electron chi connectivity index (χ4n) is 3.34. The van der Waals surface area contributed by atoms with Crippen molar-refractivity contribution in [1.82, 2.24) is 20.9 Å². The highest BCUT2D eigenvalue weighted by molar-refractivity contribution is 7.80. The molecule has 1 aromatic carbocycles. The number of benzene rings is 1. The minimum absolute atomic E-state index is 0.00634. The number of hydrogen-bond donors (Lipinski definition) is 3. The summed E-state index contributed by atoms with van der Waals surface area (Å²) in [5.41, 5.74) is 2.46. The highest BCUT2D eigenvalue weighted by Crippen LogP contribution is 2.13. The van der Waals surface area contributed by atoms with Gasteiger partial charge in [-0.05, 0) is 62.6 Å². The summed E-state index contributed by atoms with van der Waals surface area (Å²) in [6, 6.07) is 8.52. The number of nitrogens with zero attached hydrogens (tertiary/aromatic N) is 1. The third kappa shape index (κ3) is 4.68. The minimum atomic E-state index is -0.247. The number of likely N-dealkylation sites (tertiary alicyclic amines) is 1. The summed E-state index contributed by atoms with van der Waals surface area (Å²) in [6.45, 7) is 6.03.